The van der Waals surface area contributed by atoms with Crippen molar-refractivity contribution in [2.45, 2.75) is 44.6 Å². The smallest absolute Gasteiger partial charge is 0.144 e. The van der Waals surface area contributed by atoms with E-state index in [0.29, 0.717) is 15.8 Å². The molecule has 16 heavy (non-hydrogen) atoms. The number of nitrogens with zero attached hydrogens (tertiary/aromatic N) is 1. The summed E-state index contributed by atoms with van der Waals surface area (Å²) in [5.74, 6) is 2.27. The van der Waals surface area contributed by atoms with Gasteiger partial charge in [-0.05, 0) is 27.1 Å². The molecule has 0 aromatic carbocycles. The van der Waals surface area contributed by atoms with Crippen molar-refractivity contribution in [3.8, 4) is 0 Å². The normalized spacial score (nSPS) is 11.4. The standard InChI is InChI=1S/C11H17BrN2S2/c1-6(2)10-9(12)11(15)14-8(13-10)5-16-7(3)4/h6-7H,5H2,1-4H3,(H,13,14,15). The van der Waals surface area contributed by atoms with Gasteiger partial charge < -0.3 is 4.98 Å². The van der Waals surface area contributed by atoms with Crippen LogP contribution in [0.4, 0.5) is 0 Å². The van der Waals surface area contributed by atoms with Gasteiger partial charge in [-0.2, -0.15) is 11.8 Å². The highest BCUT2D eigenvalue weighted by molar-refractivity contribution is 9.10. The van der Waals surface area contributed by atoms with Crippen molar-refractivity contribution in [2.24, 2.45) is 0 Å². The highest BCUT2D eigenvalue weighted by Crippen LogP contribution is 2.24. The SMILES string of the molecule is CC(C)SCc1nc(=S)c(Br)c(C(C)C)[nH]1. The van der Waals surface area contributed by atoms with Crippen LogP contribution >= 0.6 is 39.9 Å². The molecule has 5 heteroatoms. The second-order valence-corrected chi connectivity index (χ2v) is 6.98. The van der Waals surface area contributed by atoms with Gasteiger partial charge >= 0.3 is 0 Å². The molecule has 1 N–H and O–H groups in total. The van der Waals surface area contributed by atoms with E-state index in [1.807, 2.05) is 11.8 Å². The quantitative estimate of drug-likeness (QED) is 0.817. The molecule has 0 amide bonds. The minimum atomic E-state index is 0.418. The topological polar surface area (TPSA) is 28.7 Å². The Morgan fingerprint density at radius 3 is 2.50 bits per heavy atom. The van der Waals surface area contributed by atoms with Gasteiger partial charge in [-0.15, -0.1) is 0 Å². The van der Waals surface area contributed by atoms with Crippen LogP contribution in [0.25, 0.3) is 0 Å². The van der Waals surface area contributed by atoms with Gasteiger partial charge in [-0.3, -0.25) is 0 Å². The molecule has 0 bridgehead atoms. The van der Waals surface area contributed by atoms with Crippen LogP contribution in [0.1, 0.15) is 45.1 Å². The van der Waals surface area contributed by atoms with Crippen LogP contribution in [0.2, 0.25) is 0 Å². The summed E-state index contributed by atoms with van der Waals surface area (Å²) in [6, 6.07) is 0. The predicted molar refractivity (Wildman–Crippen MR) is 77.6 cm³/mol. The van der Waals surface area contributed by atoms with Gasteiger partial charge in [0.1, 0.15) is 10.5 Å². The Balaban J connectivity index is 3.00. The number of rotatable bonds is 4. The molecule has 0 aliphatic heterocycles. The number of nitrogens with one attached hydrogen (secondary N) is 1. The fourth-order valence-corrected chi connectivity index (χ4v) is 2.73. The van der Waals surface area contributed by atoms with Crippen molar-refractivity contribution in [3.05, 3.63) is 20.6 Å². The summed E-state index contributed by atoms with van der Waals surface area (Å²) in [6.45, 7) is 8.65. The number of aromatic amines is 1. The van der Waals surface area contributed by atoms with Crippen molar-refractivity contribution in [1.29, 1.82) is 0 Å². The van der Waals surface area contributed by atoms with Gasteiger partial charge in [-0.1, -0.05) is 39.9 Å². The summed E-state index contributed by atoms with van der Waals surface area (Å²) in [5.41, 5.74) is 1.14. The van der Waals surface area contributed by atoms with Crippen molar-refractivity contribution in [3.63, 3.8) is 0 Å². The molecule has 0 atom stereocenters. The lowest BCUT2D eigenvalue weighted by molar-refractivity contribution is 0.788. The number of hydrogen-bond acceptors (Lipinski definition) is 3. The summed E-state index contributed by atoms with van der Waals surface area (Å²) < 4.78 is 1.58. The third-order valence-corrected chi connectivity index (χ3v) is 4.54. The fourth-order valence-electron chi connectivity index (χ4n) is 1.24. The van der Waals surface area contributed by atoms with Gasteiger partial charge in [0.15, 0.2) is 0 Å². The summed E-state index contributed by atoms with van der Waals surface area (Å²) in [5, 5.41) is 0.606. The minimum Gasteiger partial charge on any atom is -0.345 e. The summed E-state index contributed by atoms with van der Waals surface area (Å²) >= 11 is 10.6. The van der Waals surface area contributed by atoms with Crippen LogP contribution < -0.4 is 0 Å². The molecule has 0 aliphatic carbocycles. The molecule has 90 valence electrons. The zero-order valence-corrected chi connectivity index (χ0v) is 13.2. The molecular formula is C11H17BrN2S2. The van der Waals surface area contributed by atoms with Crippen LogP contribution in [0.5, 0.6) is 0 Å². The van der Waals surface area contributed by atoms with Gasteiger partial charge in [-0.25, -0.2) is 4.98 Å². The Kier molecular flexibility index (Phi) is 5.47. The van der Waals surface area contributed by atoms with Crippen molar-refractivity contribution >= 4 is 39.9 Å². The number of H-pyrrole nitrogens is 1. The summed E-state index contributed by atoms with van der Waals surface area (Å²) in [6.07, 6.45) is 0. The van der Waals surface area contributed by atoms with Crippen LogP contribution in [-0.2, 0) is 5.75 Å². The van der Waals surface area contributed by atoms with Gasteiger partial charge in [0.2, 0.25) is 0 Å². The largest absolute Gasteiger partial charge is 0.345 e. The maximum Gasteiger partial charge on any atom is 0.144 e. The zero-order chi connectivity index (χ0) is 12.3. The van der Waals surface area contributed by atoms with Gasteiger partial charge in [0.25, 0.3) is 0 Å². The van der Waals surface area contributed by atoms with Crippen LogP contribution in [0, 0.1) is 4.64 Å². The van der Waals surface area contributed by atoms with E-state index in [4.69, 9.17) is 12.2 Å². The Hall–Kier alpha value is 0.130. The molecule has 0 aliphatic rings. The van der Waals surface area contributed by atoms with Crippen LogP contribution in [0.3, 0.4) is 0 Å². The molecule has 0 unspecified atom stereocenters. The first-order valence-electron chi connectivity index (χ1n) is 5.32. The maximum atomic E-state index is 5.24. The number of hydrogen-bond donors (Lipinski definition) is 1. The average molecular weight is 321 g/mol. The molecular weight excluding hydrogens is 304 g/mol. The monoisotopic (exact) mass is 320 g/mol. The Labute approximate surface area is 115 Å². The minimum absolute atomic E-state index is 0.418. The van der Waals surface area contributed by atoms with Crippen LogP contribution in [-0.4, -0.2) is 15.2 Å². The van der Waals surface area contributed by atoms with Crippen molar-refractivity contribution in [1.82, 2.24) is 9.97 Å². The molecule has 0 radical (unpaired) electrons. The van der Waals surface area contributed by atoms with E-state index >= 15 is 0 Å². The highest BCUT2D eigenvalue weighted by atomic mass is 79.9. The van der Waals surface area contributed by atoms with E-state index in [2.05, 4.69) is 53.6 Å². The van der Waals surface area contributed by atoms with Crippen molar-refractivity contribution in [2.75, 3.05) is 0 Å². The lowest BCUT2D eigenvalue weighted by atomic mass is 10.1. The van der Waals surface area contributed by atoms with E-state index in [0.717, 1.165) is 21.7 Å². The Morgan fingerprint density at radius 2 is 2.00 bits per heavy atom. The van der Waals surface area contributed by atoms with E-state index < -0.39 is 0 Å². The molecule has 0 spiro atoms. The molecule has 1 heterocycles. The lowest BCUT2D eigenvalue weighted by Crippen LogP contribution is -2.03. The first kappa shape index (κ1) is 14.2. The molecule has 1 aromatic rings. The first-order chi connectivity index (χ1) is 7.41. The van der Waals surface area contributed by atoms with E-state index in [1.165, 1.54) is 0 Å². The number of aromatic nitrogens is 2. The maximum absolute atomic E-state index is 5.24. The molecule has 0 saturated carbocycles. The lowest BCUT2D eigenvalue weighted by Gasteiger charge is -2.11. The van der Waals surface area contributed by atoms with E-state index in [9.17, 15) is 0 Å². The Morgan fingerprint density at radius 1 is 1.38 bits per heavy atom. The first-order valence-corrected chi connectivity index (χ1v) is 7.57. The fraction of sp³-hybridized carbons (Fsp3) is 0.636. The number of halogens is 1. The highest BCUT2D eigenvalue weighted by Gasteiger charge is 2.10. The second-order valence-electron chi connectivity index (χ2n) is 4.23. The molecule has 2 nitrogen and oxygen atoms in total. The average Bonchev–Trinajstić information content (AvgIpc) is 2.19. The molecule has 1 rings (SSSR count). The zero-order valence-electron chi connectivity index (χ0n) is 10.0. The van der Waals surface area contributed by atoms with Gasteiger partial charge in [0, 0.05) is 5.69 Å². The summed E-state index contributed by atoms with van der Waals surface area (Å²) in [7, 11) is 0. The third kappa shape index (κ3) is 3.86. The number of thioether (sulfide) groups is 1. The Bertz CT molecular complexity index is 413. The van der Waals surface area contributed by atoms with E-state index in [1.54, 1.807) is 0 Å². The third-order valence-electron chi connectivity index (χ3n) is 2.07. The second kappa shape index (κ2) is 6.17. The van der Waals surface area contributed by atoms with Gasteiger partial charge in [0.05, 0.1) is 10.2 Å². The molecule has 0 saturated heterocycles. The molecule has 1 aromatic heterocycles. The van der Waals surface area contributed by atoms with Crippen LogP contribution in [0.15, 0.2) is 4.47 Å². The van der Waals surface area contributed by atoms with E-state index in [-0.39, 0.29) is 0 Å². The molecule has 0 fully saturated rings. The summed E-state index contributed by atoms with van der Waals surface area (Å²) in [4.78, 5) is 7.74. The predicted octanol–water partition coefficient (Wildman–Crippen LogP) is 4.67. The van der Waals surface area contributed by atoms with Crippen molar-refractivity contribution < 1.29 is 0 Å².